The molecule has 2 amide bonds. The quantitative estimate of drug-likeness (QED) is 0.753. The van der Waals surface area contributed by atoms with Crippen LogP contribution in [-0.4, -0.2) is 33.8 Å². The van der Waals surface area contributed by atoms with Crippen LogP contribution in [0.4, 0.5) is 4.79 Å². The first-order valence-corrected chi connectivity index (χ1v) is 9.76. The topological polar surface area (TPSA) is 91.3 Å². The molecule has 0 radical (unpaired) electrons. The predicted molar refractivity (Wildman–Crippen MR) is 106 cm³/mol. The number of rotatable bonds is 2. The SMILES string of the molecule is O=C1NC2CCC3=C(c4ccccn4)NN=C(c4ccccn4)C3CC[C@@H]2N1. The Hall–Kier alpha value is -3.22. The van der Waals surface area contributed by atoms with E-state index in [9.17, 15) is 4.79 Å². The number of nitrogens with zero attached hydrogens (tertiary/aromatic N) is 3. The Balaban J connectivity index is 1.55. The van der Waals surface area contributed by atoms with Gasteiger partial charge in [0.25, 0.3) is 0 Å². The summed E-state index contributed by atoms with van der Waals surface area (Å²) < 4.78 is 0. The minimum atomic E-state index is -0.0597. The molecule has 1 saturated heterocycles. The average molecular weight is 374 g/mol. The van der Waals surface area contributed by atoms with E-state index in [1.54, 1.807) is 12.4 Å². The predicted octanol–water partition coefficient (Wildman–Crippen LogP) is 2.44. The number of pyridine rings is 2. The number of urea groups is 1. The average Bonchev–Trinajstić information content (AvgIpc) is 3.08. The van der Waals surface area contributed by atoms with Gasteiger partial charge in [-0.3, -0.25) is 15.4 Å². The zero-order valence-electron chi connectivity index (χ0n) is 15.4. The van der Waals surface area contributed by atoms with Crippen LogP contribution >= 0.6 is 0 Å². The lowest BCUT2D eigenvalue weighted by Gasteiger charge is -2.33. The van der Waals surface area contributed by atoms with Gasteiger partial charge in [0.05, 0.1) is 34.9 Å². The third kappa shape index (κ3) is 3.02. The van der Waals surface area contributed by atoms with E-state index >= 15 is 0 Å². The van der Waals surface area contributed by atoms with Gasteiger partial charge in [-0.1, -0.05) is 12.1 Å². The van der Waals surface area contributed by atoms with Crippen molar-refractivity contribution in [3.05, 3.63) is 65.8 Å². The van der Waals surface area contributed by atoms with Gasteiger partial charge in [-0.15, -0.1) is 0 Å². The van der Waals surface area contributed by atoms with Crippen molar-refractivity contribution in [2.24, 2.45) is 11.0 Å². The van der Waals surface area contributed by atoms with E-state index in [1.165, 1.54) is 5.57 Å². The fourth-order valence-corrected chi connectivity index (χ4v) is 4.48. The molecule has 1 saturated carbocycles. The lowest BCUT2D eigenvalue weighted by Crippen LogP contribution is -2.39. The van der Waals surface area contributed by atoms with Gasteiger partial charge in [0, 0.05) is 18.3 Å². The number of carbonyl (C=O) groups excluding carboxylic acids is 1. The van der Waals surface area contributed by atoms with Gasteiger partial charge in [-0.2, -0.15) is 5.10 Å². The summed E-state index contributed by atoms with van der Waals surface area (Å²) in [4.78, 5) is 20.9. The monoisotopic (exact) mass is 374 g/mol. The molecule has 2 aromatic rings. The summed E-state index contributed by atoms with van der Waals surface area (Å²) in [7, 11) is 0. The molecule has 0 spiro atoms. The number of allylic oxidation sites excluding steroid dienone is 1. The van der Waals surface area contributed by atoms with Gasteiger partial charge in [0.15, 0.2) is 0 Å². The van der Waals surface area contributed by atoms with Gasteiger partial charge >= 0.3 is 6.03 Å². The molecular formula is C21H22N6O. The number of aromatic nitrogens is 2. The molecule has 5 rings (SSSR count). The molecule has 142 valence electrons. The molecule has 2 unspecified atom stereocenters. The Kier molecular flexibility index (Phi) is 4.27. The minimum Gasteiger partial charge on any atom is -0.333 e. The summed E-state index contributed by atoms with van der Waals surface area (Å²) in [6.45, 7) is 0. The maximum atomic E-state index is 11.8. The maximum Gasteiger partial charge on any atom is 0.315 e. The zero-order chi connectivity index (χ0) is 18.9. The highest BCUT2D eigenvalue weighted by Crippen LogP contribution is 2.37. The first-order chi connectivity index (χ1) is 13.8. The standard InChI is InChI=1S/C21H22N6O/c28-21-24-15-9-7-13-14(8-10-16(15)25-21)20(18-6-2-4-12-23-18)27-26-19(13)17-5-1-3-11-22-17/h1-6,11-13,15-16,27H,7-10H2,(H2,24,25,28)/t13?,15-,16?/m0/s1. The molecule has 3 N–H and O–H groups in total. The highest BCUT2D eigenvalue weighted by molar-refractivity contribution is 6.04. The van der Waals surface area contributed by atoms with E-state index in [-0.39, 0.29) is 24.0 Å². The van der Waals surface area contributed by atoms with Crippen LogP contribution in [0.3, 0.4) is 0 Å². The smallest absolute Gasteiger partial charge is 0.315 e. The van der Waals surface area contributed by atoms with Crippen molar-refractivity contribution < 1.29 is 4.79 Å². The first-order valence-electron chi connectivity index (χ1n) is 9.76. The van der Waals surface area contributed by atoms with E-state index in [1.807, 2.05) is 36.4 Å². The molecule has 0 bridgehead atoms. The second kappa shape index (κ2) is 7.07. The first kappa shape index (κ1) is 16.9. The fourth-order valence-electron chi connectivity index (χ4n) is 4.48. The second-order valence-corrected chi connectivity index (χ2v) is 7.44. The van der Waals surface area contributed by atoms with E-state index < -0.39 is 0 Å². The number of hydrogen-bond donors (Lipinski definition) is 3. The summed E-state index contributed by atoms with van der Waals surface area (Å²) in [5, 5.41) is 10.9. The molecule has 2 aromatic heterocycles. The Bertz CT molecular complexity index is 940. The number of fused-ring (bicyclic) bond motifs is 2. The molecule has 0 aromatic carbocycles. The third-order valence-electron chi connectivity index (χ3n) is 5.82. The Labute approximate surface area is 163 Å². The fraction of sp³-hybridized carbons (Fsp3) is 0.333. The van der Waals surface area contributed by atoms with Crippen LogP contribution in [0.25, 0.3) is 5.70 Å². The number of nitrogens with one attached hydrogen (secondary N) is 3. The van der Waals surface area contributed by atoms with Crippen LogP contribution in [0.1, 0.15) is 37.1 Å². The second-order valence-electron chi connectivity index (χ2n) is 7.44. The largest absolute Gasteiger partial charge is 0.333 e. The van der Waals surface area contributed by atoms with E-state index in [0.29, 0.717) is 0 Å². The molecule has 7 nitrogen and oxygen atoms in total. The molecule has 3 aliphatic rings. The third-order valence-corrected chi connectivity index (χ3v) is 5.82. The Morgan fingerprint density at radius 1 is 0.857 bits per heavy atom. The summed E-state index contributed by atoms with van der Waals surface area (Å²) in [6, 6.07) is 12.1. The molecule has 28 heavy (non-hydrogen) atoms. The Morgan fingerprint density at radius 3 is 2.29 bits per heavy atom. The molecule has 7 heteroatoms. The lowest BCUT2D eigenvalue weighted by molar-refractivity contribution is 0.246. The van der Waals surface area contributed by atoms with Crippen LogP contribution in [-0.2, 0) is 0 Å². The van der Waals surface area contributed by atoms with Crippen molar-refractivity contribution in [1.82, 2.24) is 26.0 Å². The van der Waals surface area contributed by atoms with Crippen LogP contribution < -0.4 is 16.1 Å². The summed E-state index contributed by atoms with van der Waals surface area (Å²) >= 11 is 0. The highest BCUT2D eigenvalue weighted by Gasteiger charge is 2.38. The van der Waals surface area contributed by atoms with E-state index in [2.05, 4.69) is 26.0 Å². The normalized spacial score (nSPS) is 26.6. The summed E-state index contributed by atoms with van der Waals surface area (Å²) in [6.07, 6.45) is 7.18. The van der Waals surface area contributed by atoms with Crippen LogP contribution in [0.15, 0.2) is 59.5 Å². The number of hydrogen-bond acceptors (Lipinski definition) is 5. The van der Waals surface area contributed by atoms with Crippen molar-refractivity contribution in [3.8, 4) is 0 Å². The minimum absolute atomic E-state index is 0.0597. The van der Waals surface area contributed by atoms with Crippen molar-refractivity contribution in [3.63, 3.8) is 0 Å². The number of amides is 2. The van der Waals surface area contributed by atoms with Crippen molar-refractivity contribution in [2.75, 3.05) is 0 Å². The maximum absolute atomic E-state index is 11.8. The van der Waals surface area contributed by atoms with Crippen molar-refractivity contribution in [1.29, 1.82) is 0 Å². The van der Waals surface area contributed by atoms with Crippen LogP contribution in [0.2, 0.25) is 0 Å². The van der Waals surface area contributed by atoms with Gasteiger partial charge in [0.1, 0.15) is 0 Å². The van der Waals surface area contributed by atoms with Crippen LogP contribution in [0.5, 0.6) is 0 Å². The van der Waals surface area contributed by atoms with Gasteiger partial charge in [-0.25, -0.2) is 4.79 Å². The molecule has 2 aliphatic heterocycles. The van der Waals surface area contributed by atoms with Crippen molar-refractivity contribution in [2.45, 2.75) is 37.8 Å². The van der Waals surface area contributed by atoms with E-state index in [4.69, 9.17) is 5.10 Å². The zero-order valence-corrected chi connectivity index (χ0v) is 15.4. The number of carbonyl (C=O) groups is 1. The van der Waals surface area contributed by atoms with Gasteiger partial charge in [0.2, 0.25) is 0 Å². The highest BCUT2D eigenvalue weighted by atomic mass is 16.2. The molecule has 3 atom stereocenters. The Morgan fingerprint density at radius 2 is 1.57 bits per heavy atom. The van der Waals surface area contributed by atoms with E-state index in [0.717, 1.165) is 48.5 Å². The summed E-state index contributed by atoms with van der Waals surface area (Å²) in [5.41, 5.74) is 8.30. The number of hydrazone groups is 1. The molecule has 2 fully saturated rings. The molecular weight excluding hydrogens is 352 g/mol. The summed E-state index contributed by atoms with van der Waals surface area (Å²) in [5.74, 6) is 0.159. The van der Waals surface area contributed by atoms with Crippen LogP contribution in [0, 0.1) is 5.92 Å². The van der Waals surface area contributed by atoms with Gasteiger partial charge in [-0.05, 0) is 55.5 Å². The molecule has 4 heterocycles. The van der Waals surface area contributed by atoms with Gasteiger partial charge < -0.3 is 10.6 Å². The lowest BCUT2D eigenvalue weighted by atomic mass is 9.78. The van der Waals surface area contributed by atoms with Crippen molar-refractivity contribution >= 4 is 17.4 Å². The molecule has 1 aliphatic carbocycles.